The molecular weight excluding hydrogens is 248 g/mol. The van der Waals surface area contributed by atoms with E-state index in [9.17, 15) is 4.79 Å². The molecule has 0 unspecified atom stereocenters. The Morgan fingerprint density at radius 1 is 1.15 bits per heavy atom. The van der Waals surface area contributed by atoms with Gasteiger partial charge in [-0.3, -0.25) is 4.79 Å². The molecule has 0 heterocycles. The Kier molecular flexibility index (Phi) is 6.67. The summed E-state index contributed by atoms with van der Waals surface area (Å²) in [5.74, 6) is 1.08. The standard InChI is InChI=1S/C18H30O2/c1-14(2)9-7-6-8-10-17(19)18(13-20-5)15(3)11-12-16(18)4/h11-12,14H,6-10,13H2,1-5H3. The summed E-state index contributed by atoms with van der Waals surface area (Å²) in [4.78, 5) is 12.7. The second kappa shape index (κ2) is 7.78. The van der Waals surface area contributed by atoms with E-state index >= 15 is 0 Å². The molecule has 20 heavy (non-hydrogen) atoms. The molecule has 0 saturated carbocycles. The van der Waals surface area contributed by atoms with E-state index in [1.165, 1.54) is 12.8 Å². The van der Waals surface area contributed by atoms with Gasteiger partial charge in [0, 0.05) is 13.5 Å². The Balaban J connectivity index is 2.55. The fourth-order valence-electron chi connectivity index (χ4n) is 3.04. The fraction of sp³-hybridized carbons (Fsp3) is 0.722. The van der Waals surface area contributed by atoms with Crippen LogP contribution in [0.3, 0.4) is 0 Å². The summed E-state index contributed by atoms with van der Waals surface area (Å²) in [5, 5.41) is 0. The number of hydrogen-bond acceptors (Lipinski definition) is 2. The first-order valence-electron chi connectivity index (χ1n) is 7.83. The number of carbonyl (C=O) groups is 1. The minimum Gasteiger partial charge on any atom is -0.383 e. The molecule has 0 aromatic heterocycles. The lowest BCUT2D eigenvalue weighted by Crippen LogP contribution is -2.36. The van der Waals surface area contributed by atoms with Gasteiger partial charge in [-0.15, -0.1) is 0 Å². The summed E-state index contributed by atoms with van der Waals surface area (Å²) in [6.07, 6.45) is 9.42. The predicted octanol–water partition coefficient (Wildman–Crippen LogP) is 4.70. The molecule has 2 heteroatoms. The molecule has 0 spiro atoms. The highest BCUT2D eigenvalue weighted by Gasteiger charge is 2.42. The van der Waals surface area contributed by atoms with Crippen molar-refractivity contribution in [3.8, 4) is 0 Å². The van der Waals surface area contributed by atoms with Crippen molar-refractivity contribution in [1.29, 1.82) is 0 Å². The van der Waals surface area contributed by atoms with E-state index in [2.05, 4.69) is 26.0 Å². The third-order valence-electron chi connectivity index (χ3n) is 4.45. The van der Waals surface area contributed by atoms with Crippen LogP contribution < -0.4 is 0 Å². The van der Waals surface area contributed by atoms with Gasteiger partial charge in [0.2, 0.25) is 0 Å². The number of ether oxygens (including phenoxy) is 1. The van der Waals surface area contributed by atoms with Crippen molar-refractivity contribution in [2.45, 2.75) is 59.8 Å². The lowest BCUT2D eigenvalue weighted by molar-refractivity contribution is -0.127. The lowest BCUT2D eigenvalue weighted by Gasteiger charge is -2.31. The fourth-order valence-corrected chi connectivity index (χ4v) is 3.04. The number of rotatable bonds is 9. The average molecular weight is 278 g/mol. The van der Waals surface area contributed by atoms with Crippen molar-refractivity contribution in [2.24, 2.45) is 11.3 Å². The van der Waals surface area contributed by atoms with E-state index in [1.54, 1.807) is 7.11 Å². The van der Waals surface area contributed by atoms with Crippen molar-refractivity contribution >= 4 is 5.78 Å². The molecule has 0 aromatic rings. The first kappa shape index (κ1) is 17.2. The van der Waals surface area contributed by atoms with Gasteiger partial charge in [0.1, 0.15) is 5.78 Å². The van der Waals surface area contributed by atoms with Gasteiger partial charge in [-0.2, -0.15) is 0 Å². The van der Waals surface area contributed by atoms with Crippen LogP contribution in [0.5, 0.6) is 0 Å². The van der Waals surface area contributed by atoms with Crippen LogP contribution in [0.2, 0.25) is 0 Å². The normalized spacial score (nSPS) is 17.3. The second-order valence-corrected chi connectivity index (χ2v) is 6.45. The molecule has 0 atom stereocenters. The molecule has 1 rings (SSSR count). The van der Waals surface area contributed by atoms with Gasteiger partial charge in [-0.25, -0.2) is 0 Å². The summed E-state index contributed by atoms with van der Waals surface area (Å²) in [6.45, 7) is 9.06. The molecule has 0 aliphatic heterocycles. The maximum atomic E-state index is 12.7. The van der Waals surface area contributed by atoms with Gasteiger partial charge < -0.3 is 4.74 Å². The number of allylic oxidation sites excluding steroid dienone is 2. The van der Waals surface area contributed by atoms with Crippen LogP contribution in [-0.4, -0.2) is 19.5 Å². The molecule has 0 N–H and O–H groups in total. The number of Topliss-reactive ketones (excluding diaryl/α,β-unsaturated/α-hetero) is 1. The van der Waals surface area contributed by atoms with Crippen LogP contribution >= 0.6 is 0 Å². The smallest absolute Gasteiger partial charge is 0.149 e. The van der Waals surface area contributed by atoms with Crippen LogP contribution in [0.15, 0.2) is 23.3 Å². The number of carbonyl (C=O) groups excluding carboxylic acids is 1. The number of unbranched alkanes of at least 4 members (excludes halogenated alkanes) is 2. The van der Waals surface area contributed by atoms with Crippen LogP contribution in [0.1, 0.15) is 59.8 Å². The van der Waals surface area contributed by atoms with Gasteiger partial charge in [-0.05, 0) is 26.2 Å². The van der Waals surface area contributed by atoms with Gasteiger partial charge in [0.25, 0.3) is 0 Å². The van der Waals surface area contributed by atoms with Crippen molar-refractivity contribution in [2.75, 3.05) is 13.7 Å². The SMILES string of the molecule is COCC1(C(=O)CCCCCC(C)C)C(C)=CC=C1C. The Hall–Kier alpha value is -0.890. The highest BCUT2D eigenvalue weighted by atomic mass is 16.5. The van der Waals surface area contributed by atoms with Crippen LogP contribution in [0, 0.1) is 11.3 Å². The topological polar surface area (TPSA) is 26.3 Å². The maximum absolute atomic E-state index is 12.7. The van der Waals surface area contributed by atoms with Crippen molar-refractivity contribution in [3.63, 3.8) is 0 Å². The summed E-state index contributed by atoms with van der Waals surface area (Å²) >= 11 is 0. The third-order valence-corrected chi connectivity index (χ3v) is 4.45. The quantitative estimate of drug-likeness (QED) is 0.571. The van der Waals surface area contributed by atoms with Crippen molar-refractivity contribution in [1.82, 2.24) is 0 Å². The summed E-state index contributed by atoms with van der Waals surface area (Å²) in [6, 6.07) is 0. The highest BCUT2D eigenvalue weighted by molar-refractivity contribution is 5.92. The monoisotopic (exact) mass is 278 g/mol. The number of hydrogen-bond donors (Lipinski definition) is 0. The Labute approximate surface area is 124 Å². The van der Waals surface area contributed by atoms with E-state index in [0.29, 0.717) is 18.8 Å². The molecule has 1 aliphatic rings. The third kappa shape index (κ3) is 3.82. The van der Waals surface area contributed by atoms with Gasteiger partial charge in [0.15, 0.2) is 0 Å². The van der Waals surface area contributed by atoms with Crippen LogP contribution in [-0.2, 0) is 9.53 Å². The first-order chi connectivity index (χ1) is 9.45. The molecular formula is C18H30O2. The molecule has 0 aromatic carbocycles. The Morgan fingerprint density at radius 2 is 1.75 bits per heavy atom. The largest absolute Gasteiger partial charge is 0.383 e. The van der Waals surface area contributed by atoms with Gasteiger partial charge in [0.05, 0.1) is 12.0 Å². The van der Waals surface area contributed by atoms with Crippen LogP contribution in [0.4, 0.5) is 0 Å². The second-order valence-electron chi connectivity index (χ2n) is 6.45. The maximum Gasteiger partial charge on any atom is 0.149 e. The van der Waals surface area contributed by atoms with E-state index in [-0.39, 0.29) is 0 Å². The first-order valence-corrected chi connectivity index (χ1v) is 7.83. The molecule has 0 radical (unpaired) electrons. The molecule has 2 nitrogen and oxygen atoms in total. The van der Waals surface area contributed by atoms with E-state index in [0.717, 1.165) is 29.9 Å². The Bertz CT molecular complexity index is 370. The molecule has 0 saturated heterocycles. The van der Waals surface area contributed by atoms with Crippen molar-refractivity contribution < 1.29 is 9.53 Å². The Morgan fingerprint density at radius 3 is 2.25 bits per heavy atom. The zero-order valence-electron chi connectivity index (χ0n) is 13.8. The van der Waals surface area contributed by atoms with Gasteiger partial charge in [-0.1, -0.05) is 56.4 Å². The zero-order chi connectivity index (χ0) is 15.2. The van der Waals surface area contributed by atoms with Gasteiger partial charge >= 0.3 is 0 Å². The predicted molar refractivity (Wildman–Crippen MR) is 84.8 cm³/mol. The molecule has 114 valence electrons. The number of ketones is 1. The summed E-state index contributed by atoms with van der Waals surface area (Å²) in [7, 11) is 1.68. The molecule has 1 aliphatic carbocycles. The zero-order valence-corrected chi connectivity index (χ0v) is 13.8. The van der Waals surface area contributed by atoms with E-state index in [1.807, 2.05) is 13.8 Å². The van der Waals surface area contributed by atoms with E-state index in [4.69, 9.17) is 4.74 Å². The molecule has 0 fully saturated rings. The molecule has 0 amide bonds. The minimum absolute atomic E-state index is 0.323. The number of methoxy groups -OCH3 is 1. The highest BCUT2D eigenvalue weighted by Crippen LogP contribution is 2.42. The van der Waals surface area contributed by atoms with E-state index < -0.39 is 5.41 Å². The summed E-state index contributed by atoms with van der Waals surface area (Å²) in [5.41, 5.74) is 1.78. The minimum atomic E-state index is -0.479. The van der Waals surface area contributed by atoms with Crippen molar-refractivity contribution in [3.05, 3.63) is 23.3 Å². The lowest BCUT2D eigenvalue weighted by atomic mass is 9.73. The van der Waals surface area contributed by atoms with Crippen LogP contribution in [0.25, 0.3) is 0 Å². The average Bonchev–Trinajstić information content (AvgIpc) is 2.67. The summed E-state index contributed by atoms with van der Waals surface area (Å²) < 4.78 is 5.35. The molecule has 0 bridgehead atoms.